The Bertz CT molecular complexity index is 488. The van der Waals surface area contributed by atoms with E-state index in [4.69, 9.17) is 5.73 Å². The molecule has 0 aliphatic carbocycles. The Kier molecular flexibility index (Phi) is 3.59. The number of aryl methyl sites for hydroxylation is 2. The molecule has 1 aromatic carbocycles. The maximum atomic E-state index is 6.27. The van der Waals surface area contributed by atoms with Crippen LogP contribution in [0.2, 0.25) is 0 Å². The molecule has 0 radical (unpaired) electrons. The van der Waals surface area contributed by atoms with Crippen molar-refractivity contribution in [3.63, 3.8) is 0 Å². The van der Waals surface area contributed by atoms with Gasteiger partial charge in [0.15, 0.2) is 0 Å². The van der Waals surface area contributed by atoms with Crippen molar-refractivity contribution >= 4 is 0 Å². The number of aromatic nitrogens is 2. The summed E-state index contributed by atoms with van der Waals surface area (Å²) in [6.07, 6.45) is 5.87. The Morgan fingerprint density at radius 1 is 1.41 bits per heavy atom. The van der Waals surface area contributed by atoms with Gasteiger partial charge in [-0.15, -0.1) is 0 Å². The Labute approximate surface area is 102 Å². The predicted molar refractivity (Wildman–Crippen MR) is 69.7 cm³/mol. The van der Waals surface area contributed by atoms with Crippen LogP contribution in [-0.2, 0) is 13.5 Å². The monoisotopic (exact) mass is 229 g/mol. The minimum absolute atomic E-state index is 0.0979. The van der Waals surface area contributed by atoms with Gasteiger partial charge in [0.25, 0.3) is 0 Å². The third kappa shape index (κ3) is 2.56. The van der Waals surface area contributed by atoms with Gasteiger partial charge < -0.3 is 10.3 Å². The lowest BCUT2D eigenvalue weighted by Crippen LogP contribution is -2.15. The van der Waals surface area contributed by atoms with E-state index in [-0.39, 0.29) is 6.04 Å². The number of hydrogen-bond acceptors (Lipinski definition) is 2. The molecule has 0 spiro atoms. The molecule has 1 aromatic heterocycles. The van der Waals surface area contributed by atoms with Gasteiger partial charge in [0.1, 0.15) is 0 Å². The third-order valence-electron chi connectivity index (χ3n) is 3.02. The van der Waals surface area contributed by atoms with E-state index in [0.717, 1.165) is 24.1 Å². The van der Waals surface area contributed by atoms with Crippen LogP contribution in [-0.4, -0.2) is 9.55 Å². The summed E-state index contributed by atoms with van der Waals surface area (Å²) in [6, 6.07) is 8.41. The average Bonchev–Trinajstić information content (AvgIpc) is 2.75. The number of rotatable bonds is 4. The second kappa shape index (κ2) is 5.15. The zero-order valence-corrected chi connectivity index (χ0v) is 10.4. The van der Waals surface area contributed by atoms with Crippen molar-refractivity contribution in [1.29, 1.82) is 0 Å². The fraction of sp³-hybridized carbons (Fsp3) is 0.357. The maximum Gasteiger partial charge on any atom is 0.0946 e. The number of benzene rings is 1. The van der Waals surface area contributed by atoms with Gasteiger partial charge >= 0.3 is 0 Å². The van der Waals surface area contributed by atoms with E-state index < -0.39 is 0 Å². The summed E-state index contributed by atoms with van der Waals surface area (Å²) in [5.74, 6) is 0. The highest BCUT2D eigenvalue weighted by Gasteiger charge is 2.12. The first-order valence-corrected chi connectivity index (χ1v) is 6.03. The van der Waals surface area contributed by atoms with Gasteiger partial charge in [-0.25, -0.2) is 4.98 Å². The zero-order valence-electron chi connectivity index (χ0n) is 10.4. The molecule has 0 fully saturated rings. The lowest BCUT2D eigenvalue weighted by Gasteiger charge is -2.13. The molecule has 3 heteroatoms. The fourth-order valence-corrected chi connectivity index (χ4v) is 2.07. The van der Waals surface area contributed by atoms with Crippen molar-refractivity contribution in [2.45, 2.75) is 25.8 Å². The largest absolute Gasteiger partial charge is 0.336 e. The quantitative estimate of drug-likeness (QED) is 0.875. The molecule has 2 N–H and O–H groups in total. The molecule has 0 saturated heterocycles. The SMILES string of the molecule is CCCc1cccc(C(N)c2cncn2C)c1. The van der Waals surface area contributed by atoms with Crippen molar-refractivity contribution in [1.82, 2.24) is 9.55 Å². The molecule has 0 saturated carbocycles. The summed E-state index contributed by atoms with van der Waals surface area (Å²) in [4.78, 5) is 4.11. The summed E-state index contributed by atoms with van der Waals surface area (Å²) >= 11 is 0. The van der Waals surface area contributed by atoms with Crippen molar-refractivity contribution in [2.75, 3.05) is 0 Å². The van der Waals surface area contributed by atoms with Crippen LogP contribution in [0, 0.1) is 0 Å². The van der Waals surface area contributed by atoms with Crippen LogP contribution in [0.4, 0.5) is 0 Å². The van der Waals surface area contributed by atoms with Gasteiger partial charge in [0.2, 0.25) is 0 Å². The summed E-state index contributed by atoms with van der Waals surface area (Å²) < 4.78 is 1.97. The lowest BCUT2D eigenvalue weighted by molar-refractivity contribution is 0.744. The minimum atomic E-state index is -0.0979. The molecule has 1 atom stereocenters. The topological polar surface area (TPSA) is 43.8 Å². The molecule has 3 nitrogen and oxygen atoms in total. The molecule has 0 bridgehead atoms. The number of nitrogens with zero attached hydrogens (tertiary/aromatic N) is 2. The van der Waals surface area contributed by atoms with Gasteiger partial charge in [0.05, 0.1) is 24.3 Å². The predicted octanol–water partition coefficient (Wildman–Crippen LogP) is 2.42. The molecular weight excluding hydrogens is 210 g/mol. The van der Waals surface area contributed by atoms with Crippen molar-refractivity contribution in [3.8, 4) is 0 Å². The van der Waals surface area contributed by atoms with E-state index in [1.165, 1.54) is 5.56 Å². The Balaban J connectivity index is 2.28. The highest BCUT2D eigenvalue weighted by atomic mass is 15.0. The summed E-state index contributed by atoms with van der Waals surface area (Å²) in [5.41, 5.74) is 9.81. The smallest absolute Gasteiger partial charge is 0.0946 e. The molecule has 17 heavy (non-hydrogen) atoms. The number of nitrogens with two attached hydrogens (primary N) is 1. The number of hydrogen-bond donors (Lipinski definition) is 1. The van der Waals surface area contributed by atoms with Crippen LogP contribution in [0.3, 0.4) is 0 Å². The normalized spacial score (nSPS) is 12.6. The molecule has 0 aliphatic heterocycles. The Hall–Kier alpha value is -1.61. The van der Waals surface area contributed by atoms with Crippen LogP contribution < -0.4 is 5.73 Å². The summed E-state index contributed by atoms with van der Waals surface area (Å²) in [6.45, 7) is 2.19. The number of imidazole rings is 1. The van der Waals surface area contributed by atoms with E-state index >= 15 is 0 Å². The summed E-state index contributed by atoms with van der Waals surface area (Å²) in [7, 11) is 1.97. The highest BCUT2D eigenvalue weighted by Crippen LogP contribution is 2.20. The fourth-order valence-electron chi connectivity index (χ4n) is 2.07. The third-order valence-corrected chi connectivity index (χ3v) is 3.02. The van der Waals surface area contributed by atoms with E-state index in [0.29, 0.717) is 0 Å². The van der Waals surface area contributed by atoms with Crippen LogP contribution in [0.1, 0.15) is 36.2 Å². The van der Waals surface area contributed by atoms with Crippen LogP contribution in [0.5, 0.6) is 0 Å². The van der Waals surface area contributed by atoms with Gasteiger partial charge in [-0.3, -0.25) is 0 Å². The van der Waals surface area contributed by atoms with E-state index in [9.17, 15) is 0 Å². The van der Waals surface area contributed by atoms with Gasteiger partial charge in [-0.2, -0.15) is 0 Å². The molecular formula is C14H19N3. The minimum Gasteiger partial charge on any atom is -0.336 e. The first kappa shape index (κ1) is 11.9. The molecule has 0 aliphatic rings. The van der Waals surface area contributed by atoms with Crippen LogP contribution >= 0.6 is 0 Å². The Morgan fingerprint density at radius 2 is 2.24 bits per heavy atom. The Morgan fingerprint density at radius 3 is 2.88 bits per heavy atom. The first-order valence-electron chi connectivity index (χ1n) is 6.03. The van der Waals surface area contributed by atoms with Gasteiger partial charge in [0, 0.05) is 7.05 Å². The molecule has 90 valence electrons. The van der Waals surface area contributed by atoms with E-state index in [2.05, 4.69) is 36.2 Å². The van der Waals surface area contributed by atoms with Crippen LogP contribution in [0.15, 0.2) is 36.8 Å². The zero-order chi connectivity index (χ0) is 12.3. The lowest BCUT2D eigenvalue weighted by atomic mass is 10.0. The summed E-state index contributed by atoms with van der Waals surface area (Å²) in [5, 5.41) is 0. The van der Waals surface area contributed by atoms with Crippen molar-refractivity contribution in [3.05, 3.63) is 53.6 Å². The molecule has 1 heterocycles. The van der Waals surface area contributed by atoms with Crippen molar-refractivity contribution < 1.29 is 0 Å². The first-order chi connectivity index (χ1) is 8.22. The second-order valence-electron chi connectivity index (χ2n) is 4.40. The molecule has 0 amide bonds. The van der Waals surface area contributed by atoms with Gasteiger partial charge in [-0.05, 0) is 17.5 Å². The van der Waals surface area contributed by atoms with Crippen molar-refractivity contribution in [2.24, 2.45) is 12.8 Å². The molecule has 2 aromatic rings. The molecule has 2 rings (SSSR count). The van der Waals surface area contributed by atoms with E-state index in [1.54, 1.807) is 6.33 Å². The molecule has 1 unspecified atom stereocenters. The highest BCUT2D eigenvalue weighted by molar-refractivity contribution is 5.30. The van der Waals surface area contributed by atoms with E-state index in [1.807, 2.05) is 17.8 Å². The van der Waals surface area contributed by atoms with Crippen LogP contribution in [0.25, 0.3) is 0 Å². The second-order valence-corrected chi connectivity index (χ2v) is 4.40. The average molecular weight is 229 g/mol. The maximum absolute atomic E-state index is 6.27. The van der Waals surface area contributed by atoms with Gasteiger partial charge in [-0.1, -0.05) is 37.6 Å². The standard InChI is InChI=1S/C14H19N3/c1-3-5-11-6-4-7-12(8-11)14(15)13-9-16-10-17(13)2/h4,6-10,14H,3,5,15H2,1-2H3.